The highest BCUT2D eigenvalue weighted by Gasteiger charge is 2.10. The second-order valence-electron chi connectivity index (χ2n) is 5.01. The van der Waals surface area contributed by atoms with Crippen LogP contribution in [0.15, 0.2) is 6.07 Å². The van der Waals surface area contributed by atoms with Crippen molar-refractivity contribution >= 4 is 0 Å². The zero-order valence-corrected chi connectivity index (χ0v) is 11.6. The van der Waals surface area contributed by atoms with E-state index in [9.17, 15) is 0 Å². The highest BCUT2D eigenvalue weighted by Crippen LogP contribution is 2.05. The second kappa shape index (κ2) is 6.81. The Kier molecular flexibility index (Phi) is 5.08. The highest BCUT2D eigenvalue weighted by atomic mass is 15.2. The lowest BCUT2D eigenvalue weighted by Gasteiger charge is -2.26. The molecule has 0 aliphatic carbocycles. The summed E-state index contributed by atoms with van der Waals surface area (Å²) in [6, 6.07) is 2.11. The van der Waals surface area contributed by atoms with Crippen LogP contribution < -0.4 is 5.32 Å². The number of piperazine rings is 1. The lowest BCUT2D eigenvalue weighted by molar-refractivity contribution is 0.242. The van der Waals surface area contributed by atoms with Crippen molar-refractivity contribution in [3.8, 4) is 0 Å². The molecule has 0 radical (unpaired) electrons. The first-order valence-electron chi connectivity index (χ1n) is 7.04. The molecular formula is C14H24N4. The second-order valence-corrected chi connectivity index (χ2v) is 5.01. The molecule has 2 rings (SSSR count). The van der Waals surface area contributed by atoms with E-state index in [-0.39, 0.29) is 0 Å². The summed E-state index contributed by atoms with van der Waals surface area (Å²) in [6.45, 7) is 9.84. The van der Waals surface area contributed by atoms with Gasteiger partial charge in [0.15, 0.2) is 0 Å². The van der Waals surface area contributed by atoms with Crippen LogP contribution >= 0.6 is 0 Å². The number of nitrogens with zero attached hydrogens (tertiary/aromatic N) is 3. The topological polar surface area (TPSA) is 41.1 Å². The molecule has 1 aromatic heterocycles. The number of hydrogen-bond acceptors (Lipinski definition) is 4. The fraction of sp³-hybridized carbons (Fsp3) is 0.714. The normalized spacial score (nSPS) is 17.0. The number of rotatable bonds is 5. The van der Waals surface area contributed by atoms with Crippen LogP contribution in [0.5, 0.6) is 0 Å². The monoisotopic (exact) mass is 248 g/mol. The molecule has 1 fully saturated rings. The van der Waals surface area contributed by atoms with Crippen molar-refractivity contribution in [3.63, 3.8) is 0 Å². The van der Waals surface area contributed by atoms with Gasteiger partial charge in [0.1, 0.15) is 5.82 Å². The van der Waals surface area contributed by atoms with Crippen molar-refractivity contribution in [3.05, 3.63) is 23.3 Å². The molecule has 0 amide bonds. The molecule has 0 atom stereocenters. The first-order valence-corrected chi connectivity index (χ1v) is 7.04. The molecule has 1 aliphatic rings. The predicted molar refractivity (Wildman–Crippen MR) is 73.8 cm³/mol. The van der Waals surface area contributed by atoms with Gasteiger partial charge < -0.3 is 10.2 Å². The molecule has 100 valence electrons. The molecule has 0 saturated carbocycles. The Bertz CT molecular complexity index is 372. The minimum atomic E-state index is 0.971. The van der Waals surface area contributed by atoms with Crippen LogP contribution in [-0.4, -0.2) is 47.6 Å². The van der Waals surface area contributed by atoms with Crippen molar-refractivity contribution in [2.45, 2.75) is 33.1 Å². The van der Waals surface area contributed by atoms with E-state index in [4.69, 9.17) is 0 Å². The van der Waals surface area contributed by atoms with Crippen LogP contribution in [0.1, 0.15) is 30.6 Å². The van der Waals surface area contributed by atoms with E-state index in [1.165, 1.54) is 5.69 Å². The van der Waals surface area contributed by atoms with Gasteiger partial charge in [0.25, 0.3) is 0 Å². The van der Waals surface area contributed by atoms with E-state index < -0.39 is 0 Å². The van der Waals surface area contributed by atoms with Crippen molar-refractivity contribution < 1.29 is 0 Å². The van der Waals surface area contributed by atoms with Gasteiger partial charge in [0.2, 0.25) is 0 Å². The molecule has 18 heavy (non-hydrogen) atoms. The van der Waals surface area contributed by atoms with Gasteiger partial charge in [-0.25, -0.2) is 9.97 Å². The third-order valence-electron chi connectivity index (χ3n) is 3.32. The van der Waals surface area contributed by atoms with Crippen molar-refractivity contribution in [2.24, 2.45) is 0 Å². The predicted octanol–water partition coefficient (Wildman–Crippen LogP) is 1.19. The number of aromatic nitrogens is 2. The minimum Gasteiger partial charge on any atom is -0.314 e. The van der Waals surface area contributed by atoms with E-state index in [1.54, 1.807) is 0 Å². The summed E-state index contributed by atoms with van der Waals surface area (Å²) in [5, 5.41) is 3.37. The SMILES string of the molecule is CCCc1cc(C)nc(CCN2CCNCC2)n1. The van der Waals surface area contributed by atoms with Crippen LogP contribution in [-0.2, 0) is 12.8 Å². The van der Waals surface area contributed by atoms with E-state index in [0.29, 0.717) is 0 Å². The van der Waals surface area contributed by atoms with Crippen LogP contribution in [0.2, 0.25) is 0 Å². The molecule has 0 spiro atoms. The molecule has 0 bridgehead atoms. The zero-order chi connectivity index (χ0) is 12.8. The maximum absolute atomic E-state index is 4.65. The Hall–Kier alpha value is -1.00. The van der Waals surface area contributed by atoms with Crippen molar-refractivity contribution in [2.75, 3.05) is 32.7 Å². The summed E-state index contributed by atoms with van der Waals surface area (Å²) in [5.41, 5.74) is 2.30. The van der Waals surface area contributed by atoms with Gasteiger partial charge in [-0.3, -0.25) is 0 Å². The molecule has 1 aliphatic heterocycles. The van der Waals surface area contributed by atoms with Crippen molar-refractivity contribution in [1.29, 1.82) is 0 Å². The smallest absolute Gasteiger partial charge is 0.130 e. The average Bonchev–Trinajstić information content (AvgIpc) is 2.37. The summed E-state index contributed by atoms with van der Waals surface area (Å²) in [4.78, 5) is 11.7. The van der Waals surface area contributed by atoms with Gasteiger partial charge in [-0.05, 0) is 19.4 Å². The zero-order valence-electron chi connectivity index (χ0n) is 11.6. The molecule has 0 unspecified atom stereocenters. The summed E-state index contributed by atoms with van der Waals surface area (Å²) in [7, 11) is 0. The highest BCUT2D eigenvalue weighted by molar-refractivity contribution is 5.10. The van der Waals surface area contributed by atoms with Gasteiger partial charge >= 0.3 is 0 Å². The van der Waals surface area contributed by atoms with Gasteiger partial charge in [0, 0.05) is 50.5 Å². The minimum absolute atomic E-state index is 0.971. The van der Waals surface area contributed by atoms with E-state index in [2.05, 4.69) is 40.1 Å². The molecule has 2 heterocycles. The Morgan fingerprint density at radius 2 is 2.00 bits per heavy atom. The molecule has 1 N–H and O–H groups in total. The number of nitrogens with one attached hydrogen (secondary N) is 1. The fourth-order valence-corrected chi connectivity index (χ4v) is 2.39. The molecule has 1 aromatic rings. The van der Waals surface area contributed by atoms with Gasteiger partial charge in [-0.2, -0.15) is 0 Å². The summed E-state index contributed by atoms with van der Waals surface area (Å²) in [6.07, 6.45) is 3.18. The van der Waals surface area contributed by atoms with Gasteiger partial charge in [0.05, 0.1) is 0 Å². The van der Waals surface area contributed by atoms with Gasteiger partial charge in [-0.15, -0.1) is 0 Å². The first kappa shape index (κ1) is 13.4. The molecule has 1 saturated heterocycles. The van der Waals surface area contributed by atoms with Crippen molar-refractivity contribution in [1.82, 2.24) is 20.2 Å². The Morgan fingerprint density at radius 3 is 2.72 bits per heavy atom. The Morgan fingerprint density at radius 1 is 1.22 bits per heavy atom. The third-order valence-corrected chi connectivity index (χ3v) is 3.32. The van der Waals surface area contributed by atoms with Crippen LogP contribution in [0.4, 0.5) is 0 Å². The van der Waals surface area contributed by atoms with Crippen LogP contribution in [0, 0.1) is 6.92 Å². The Labute approximate surface area is 110 Å². The standard InChI is InChI=1S/C14H24N4/c1-3-4-13-11-12(2)16-14(17-13)5-8-18-9-6-15-7-10-18/h11,15H,3-10H2,1-2H3. The summed E-state index contributed by atoms with van der Waals surface area (Å²) >= 11 is 0. The van der Waals surface area contributed by atoms with Gasteiger partial charge in [-0.1, -0.05) is 13.3 Å². The lowest BCUT2D eigenvalue weighted by atomic mass is 10.2. The largest absolute Gasteiger partial charge is 0.314 e. The maximum Gasteiger partial charge on any atom is 0.130 e. The number of hydrogen-bond donors (Lipinski definition) is 1. The Balaban J connectivity index is 1.91. The van der Waals surface area contributed by atoms with Crippen LogP contribution in [0.25, 0.3) is 0 Å². The fourth-order valence-electron chi connectivity index (χ4n) is 2.39. The molecular weight excluding hydrogens is 224 g/mol. The molecule has 4 heteroatoms. The number of aryl methyl sites for hydroxylation is 2. The quantitative estimate of drug-likeness (QED) is 0.850. The average molecular weight is 248 g/mol. The molecule has 4 nitrogen and oxygen atoms in total. The van der Waals surface area contributed by atoms with E-state index in [1.807, 2.05) is 0 Å². The first-order chi connectivity index (χ1) is 8.78. The molecule has 0 aromatic carbocycles. The van der Waals surface area contributed by atoms with Crippen LogP contribution in [0.3, 0.4) is 0 Å². The lowest BCUT2D eigenvalue weighted by Crippen LogP contribution is -2.44. The van der Waals surface area contributed by atoms with E-state index >= 15 is 0 Å². The van der Waals surface area contributed by atoms with E-state index in [0.717, 1.165) is 63.5 Å². The summed E-state index contributed by atoms with van der Waals surface area (Å²) < 4.78 is 0. The summed E-state index contributed by atoms with van der Waals surface area (Å²) in [5.74, 6) is 1.01. The maximum atomic E-state index is 4.65. The third kappa shape index (κ3) is 4.03.